The Morgan fingerprint density at radius 1 is 0.920 bits per heavy atom. The molecule has 0 radical (unpaired) electrons. The van der Waals surface area contributed by atoms with Crippen LogP contribution in [-0.2, 0) is 16.1 Å². The van der Waals surface area contributed by atoms with Crippen LogP contribution >= 0.6 is 0 Å². The number of ether oxygens (including phenoxy) is 1. The highest BCUT2D eigenvalue weighted by atomic mass is 16.6. The zero-order valence-electron chi connectivity index (χ0n) is 15.3. The molecule has 1 N–H and O–H groups in total. The van der Waals surface area contributed by atoms with E-state index in [2.05, 4.69) is 31.1 Å². The molecule has 1 atom stereocenters. The van der Waals surface area contributed by atoms with Crippen molar-refractivity contribution in [2.24, 2.45) is 0 Å². The predicted molar refractivity (Wildman–Crippen MR) is 99.3 cm³/mol. The van der Waals surface area contributed by atoms with Crippen molar-refractivity contribution in [2.45, 2.75) is 50.0 Å². The fraction of sp³-hybridized carbons (Fsp3) is 0.455. The van der Waals surface area contributed by atoms with Crippen LogP contribution in [0.5, 0.6) is 0 Å². The molecule has 2 aliphatic rings. The molecule has 132 valence electrons. The number of aryl methyl sites for hydroxylation is 1. The third-order valence-corrected chi connectivity index (χ3v) is 6.13. The van der Waals surface area contributed by atoms with E-state index in [0.29, 0.717) is 6.04 Å². The molecular formula is C22H27NO2. The van der Waals surface area contributed by atoms with Gasteiger partial charge in [-0.15, -0.1) is 0 Å². The quantitative estimate of drug-likeness (QED) is 0.901. The summed E-state index contributed by atoms with van der Waals surface area (Å²) in [5, 5.41) is 11.7. The average molecular weight is 337 g/mol. The fourth-order valence-electron chi connectivity index (χ4n) is 4.68. The van der Waals surface area contributed by atoms with Crippen LogP contribution < -0.4 is 0 Å². The van der Waals surface area contributed by atoms with Gasteiger partial charge in [0, 0.05) is 17.2 Å². The van der Waals surface area contributed by atoms with Gasteiger partial charge in [0.05, 0.1) is 5.60 Å². The molecular weight excluding hydrogens is 310 g/mol. The highest BCUT2D eigenvalue weighted by Crippen LogP contribution is 2.55. The zero-order valence-corrected chi connectivity index (χ0v) is 15.3. The van der Waals surface area contributed by atoms with Gasteiger partial charge in [0.25, 0.3) is 0 Å². The van der Waals surface area contributed by atoms with Crippen LogP contribution in [0.4, 0.5) is 0 Å². The second kappa shape index (κ2) is 5.94. The van der Waals surface area contributed by atoms with E-state index in [-0.39, 0.29) is 5.60 Å². The minimum atomic E-state index is -1.35. The lowest BCUT2D eigenvalue weighted by Crippen LogP contribution is -2.41. The van der Waals surface area contributed by atoms with Crippen molar-refractivity contribution in [2.75, 3.05) is 14.1 Å². The maximum atomic E-state index is 11.7. The Kier molecular flexibility index (Phi) is 3.99. The van der Waals surface area contributed by atoms with Crippen molar-refractivity contribution in [3.8, 4) is 0 Å². The van der Waals surface area contributed by atoms with E-state index in [9.17, 15) is 5.11 Å². The highest BCUT2D eigenvalue weighted by Gasteiger charge is 2.54. The molecule has 0 unspecified atom stereocenters. The fourth-order valence-corrected chi connectivity index (χ4v) is 4.68. The van der Waals surface area contributed by atoms with E-state index in [1.54, 1.807) is 0 Å². The summed E-state index contributed by atoms with van der Waals surface area (Å²) in [5.41, 5.74) is 3.61. The Bertz CT molecular complexity index is 777. The van der Waals surface area contributed by atoms with Gasteiger partial charge in [-0.3, -0.25) is 0 Å². The van der Waals surface area contributed by atoms with E-state index >= 15 is 0 Å². The number of aliphatic hydroxyl groups is 1. The number of hydrogen-bond donors (Lipinski definition) is 1. The Labute approximate surface area is 150 Å². The molecule has 1 spiro atoms. The molecule has 1 saturated carbocycles. The summed E-state index contributed by atoms with van der Waals surface area (Å²) in [6.07, 6.45) is 4.07. The third-order valence-electron chi connectivity index (χ3n) is 6.13. The smallest absolute Gasteiger partial charge is 0.221 e. The van der Waals surface area contributed by atoms with Crippen LogP contribution in [0, 0.1) is 6.92 Å². The van der Waals surface area contributed by atoms with E-state index < -0.39 is 5.79 Å². The minimum absolute atomic E-state index is 0.375. The number of fused-ring (bicyclic) bond motifs is 2. The van der Waals surface area contributed by atoms with Gasteiger partial charge in [-0.2, -0.15) is 0 Å². The van der Waals surface area contributed by atoms with E-state index in [1.165, 1.54) is 0 Å². The van der Waals surface area contributed by atoms with Crippen LogP contribution in [0.1, 0.15) is 47.9 Å². The van der Waals surface area contributed by atoms with Gasteiger partial charge in [-0.05, 0) is 57.8 Å². The van der Waals surface area contributed by atoms with Gasteiger partial charge >= 0.3 is 0 Å². The maximum absolute atomic E-state index is 11.7. The van der Waals surface area contributed by atoms with Crippen LogP contribution in [-0.4, -0.2) is 30.1 Å². The molecule has 0 aromatic heterocycles. The summed E-state index contributed by atoms with van der Waals surface area (Å²) < 4.78 is 6.58. The lowest BCUT2D eigenvalue weighted by atomic mass is 9.77. The first-order valence-electron chi connectivity index (χ1n) is 9.21. The Hall–Kier alpha value is -1.68. The topological polar surface area (TPSA) is 32.7 Å². The van der Waals surface area contributed by atoms with Crippen molar-refractivity contribution >= 4 is 0 Å². The number of hydrogen-bond acceptors (Lipinski definition) is 3. The molecule has 3 heteroatoms. The minimum Gasteiger partial charge on any atom is -0.358 e. The van der Waals surface area contributed by atoms with Crippen molar-refractivity contribution in [1.29, 1.82) is 0 Å². The third kappa shape index (κ3) is 2.53. The van der Waals surface area contributed by atoms with Gasteiger partial charge in [-0.25, -0.2) is 0 Å². The summed E-state index contributed by atoms with van der Waals surface area (Å²) in [6, 6.07) is 16.8. The Balaban J connectivity index is 1.78. The van der Waals surface area contributed by atoms with Gasteiger partial charge in [0.2, 0.25) is 5.79 Å². The van der Waals surface area contributed by atoms with E-state index in [0.717, 1.165) is 47.9 Å². The van der Waals surface area contributed by atoms with Crippen molar-refractivity contribution < 1.29 is 9.84 Å². The molecule has 2 aromatic rings. The molecule has 4 rings (SSSR count). The molecule has 1 aliphatic heterocycles. The first-order valence-corrected chi connectivity index (χ1v) is 9.21. The molecule has 25 heavy (non-hydrogen) atoms. The second-order valence-electron chi connectivity index (χ2n) is 7.80. The van der Waals surface area contributed by atoms with Crippen LogP contribution in [0.2, 0.25) is 0 Å². The van der Waals surface area contributed by atoms with Crippen molar-refractivity contribution in [3.05, 3.63) is 70.8 Å². The molecule has 2 aromatic carbocycles. The maximum Gasteiger partial charge on any atom is 0.221 e. The summed E-state index contributed by atoms with van der Waals surface area (Å²) >= 11 is 0. The lowest BCUT2D eigenvalue weighted by molar-refractivity contribution is -0.244. The van der Waals surface area contributed by atoms with Gasteiger partial charge in [0.15, 0.2) is 0 Å². The molecule has 3 nitrogen and oxygen atoms in total. The zero-order chi connectivity index (χ0) is 17.7. The molecule has 1 fully saturated rings. The SMILES string of the molecule is Cc1ccccc1[C@@]1(O)OC2(CCC(N(C)C)CC2)c2ccccc21. The molecule has 1 heterocycles. The standard InChI is InChI=1S/C22H27NO2/c1-16-8-4-5-9-18(16)22(24)20-11-7-6-10-19(20)21(25-22)14-12-17(13-15-21)23(2)3/h4-11,17,24H,12-15H2,1-3H3/t17?,21?,22-/m1/s1. The van der Waals surface area contributed by atoms with Gasteiger partial charge in [0.1, 0.15) is 0 Å². The highest BCUT2D eigenvalue weighted by molar-refractivity contribution is 5.48. The second-order valence-corrected chi connectivity index (χ2v) is 7.80. The summed E-state index contributed by atoms with van der Waals surface area (Å²) in [4.78, 5) is 2.31. The average Bonchev–Trinajstić information content (AvgIpc) is 2.86. The normalized spacial score (nSPS) is 31.5. The summed E-state index contributed by atoms with van der Waals surface area (Å²) in [7, 11) is 4.30. The van der Waals surface area contributed by atoms with E-state index in [4.69, 9.17) is 4.74 Å². The van der Waals surface area contributed by atoms with E-state index in [1.807, 2.05) is 43.3 Å². The number of nitrogens with zero attached hydrogens (tertiary/aromatic N) is 1. The molecule has 0 amide bonds. The number of benzene rings is 2. The first-order chi connectivity index (χ1) is 12.0. The van der Waals surface area contributed by atoms with Gasteiger partial charge < -0.3 is 14.7 Å². The van der Waals surface area contributed by atoms with Gasteiger partial charge in [-0.1, -0.05) is 48.5 Å². The molecule has 0 saturated heterocycles. The van der Waals surface area contributed by atoms with Crippen molar-refractivity contribution in [3.63, 3.8) is 0 Å². The Morgan fingerprint density at radius 3 is 2.08 bits per heavy atom. The van der Waals surface area contributed by atoms with Crippen LogP contribution in [0.15, 0.2) is 48.5 Å². The largest absolute Gasteiger partial charge is 0.358 e. The number of rotatable bonds is 2. The summed E-state index contributed by atoms with van der Waals surface area (Å²) in [5.74, 6) is -1.35. The predicted octanol–water partition coefficient (Wildman–Crippen LogP) is 3.92. The first kappa shape index (κ1) is 16.8. The molecule has 1 aliphatic carbocycles. The lowest BCUT2D eigenvalue weighted by Gasteiger charge is -2.41. The molecule has 0 bridgehead atoms. The monoisotopic (exact) mass is 337 g/mol. The van der Waals surface area contributed by atoms with Crippen molar-refractivity contribution in [1.82, 2.24) is 4.90 Å². The van der Waals surface area contributed by atoms with Crippen LogP contribution in [0.25, 0.3) is 0 Å². The summed E-state index contributed by atoms with van der Waals surface area (Å²) in [6.45, 7) is 2.03. The van der Waals surface area contributed by atoms with Crippen LogP contribution in [0.3, 0.4) is 0 Å². The Morgan fingerprint density at radius 2 is 1.48 bits per heavy atom.